The van der Waals surface area contributed by atoms with Crippen molar-refractivity contribution in [1.82, 2.24) is 15.0 Å². The molecule has 3 aliphatic rings. The number of amides is 2. The van der Waals surface area contributed by atoms with E-state index < -0.39 is 31.6 Å². The number of nitrogens with zero attached hydrogens (tertiary/aromatic N) is 5. The zero-order chi connectivity index (χ0) is 38.5. The van der Waals surface area contributed by atoms with Crippen LogP contribution in [0.2, 0.25) is 18.6 Å². The predicted octanol–water partition coefficient (Wildman–Crippen LogP) is 6.88. The molecule has 1 aromatic heterocycles. The lowest BCUT2D eigenvalue weighted by Gasteiger charge is -2.31. The van der Waals surface area contributed by atoms with Gasteiger partial charge in [-0.1, -0.05) is 66.7 Å². The third-order valence-corrected chi connectivity index (χ3v) is 13.8. The Morgan fingerprint density at radius 2 is 1.78 bits per heavy atom. The van der Waals surface area contributed by atoms with Gasteiger partial charge in [0.25, 0.3) is 11.8 Å². The third kappa shape index (κ3) is 6.39. The molecule has 13 heteroatoms. The number of fused-ring (bicyclic) bond motifs is 3. The molecule has 55 heavy (non-hydrogen) atoms. The summed E-state index contributed by atoms with van der Waals surface area (Å²) in [5.74, 6) is -0.0921. The Labute approximate surface area is 320 Å². The smallest absolute Gasteiger partial charge is 0.269 e. The van der Waals surface area contributed by atoms with E-state index in [9.17, 15) is 9.90 Å². The van der Waals surface area contributed by atoms with Crippen LogP contribution in [0.5, 0.6) is 11.5 Å². The van der Waals surface area contributed by atoms with Gasteiger partial charge in [-0.05, 0) is 73.1 Å². The topological polar surface area (TPSA) is 119 Å². The van der Waals surface area contributed by atoms with Crippen LogP contribution in [-0.4, -0.2) is 66.7 Å². The summed E-state index contributed by atoms with van der Waals surface area (Å²) >= 11 is 0. The van der Waals surface area contributed by atoms with E-state index in [2.05, 4.69) is 10.3 Å². The maximum absolute atomic E-state index is 16.6. The second-order valence-corrected chi connectivity index (χ2v) is 18.8. The molecule has 1 spiro atoms. The van der Waals surface area contributed by atoms with Gasteiger partial charge in [-0.3, -0.25) is 19.2 Å². The number of aliphatic hydroxyl groups excluding tert-OH is 1. The lowest BCUT2D eigenvalue weighted by Crippen LogP contribution is -2.45. The van der Waals surface area contributed by atoms with Crippen LogP contribution in [0.3, 0.4) is 0 Å². The number of aromatic nitrogens is 3. The van der Waals surface area contributed by atoms with Crippen molar-refractivity contribution in [3.63, 3.8) is 0 Å². The fraction of sp³-hybridized carbons (Fsp3) is 0.333. The molecular formula is C42H44FN5O6Si. The van der Waals surface area contributed by atoms with Gasteiger partial charge in [-0.2, -0.15) is 0 Å². The van der Waals surface area contributed by atoms with Gasteiger partial charge in [0.2, 0.25) is 8.41 Å². The standard InChI is InChI=1S/C42H44FN5O6Si/c1-27-40(55(3,4)43)38(19-20-46-24-34(44-45-46)32(25-49)29-12-6-5-7-13-29)54-42(27)33-22-31(52-2)17-18-35(33)47(41(42)51)23-28-11-10-14-30(21-28)48-36-15-8-9-16-37(36)53-26-39(48)50/h5-18,21-22,24,27,32,38,40,49H,19-20,23,25-26H2,1-4H3/t27-,32?,38+,40-,42+/m0/s1. The molecule has 3 aliphatic heterocycles. The number of methoxy groups -OCH3 is 1. The molecule has 0 saturated carbocycles. The Balaban J connectivity index is 1.10. The number of anilines is 3. The van der Waals surface area contributed by atoms with Crippen molar-refractivity contribution >= 4 is 37.3 Å². The molecule has 1 saturated heterocycles. The summed E-state index contributed by atoms with van der Waals surface area (Å²) in [6, 6.07) is 30.2. The largest absolute Gasteiger partial charge is 0.497 e. The highest BCUT2D eigenvalue weighted by Crippen LogP contribution is 2.61. The van der Waals surface area contributed by atoms with Crippen molar-refractivity contribution in [2.75, 3.05) is 30.1 Å². The van der Waals surface area contributed by atoms with Crippen molar-refractivity contribution < 1.29 is 33.0 Å². The van der Waals surface area contributed by atoms with Crippen molar-refractivity contribution in [3.8, 4) is 11.5 Å². The molecule has 2 amide bonds. The minimum atomic E-state index is -3.43. The molecule has 1 N–H and O–H groups in total. The molecular weight excluding hydrogens is 718 g/mol. The summed E-state index contributed by atoms with van der Waals surface area (Å²) in [5, 5.41) is 18.9. The molecule has 0 radical (unpaired) electrons. The van der Waals surface area contributed by atoms with E-state index in [1.165, 1.54) is 0 Å². The van der Waals surface area contributed by atoms with Gasteiger partial charge < -0.3 is 28.3 Å². The number of rotatable bonds is 11. The number of benzene rings is 4. The van der Waals surface area contributed by atoms with Crippen molar-refractivity contribution in [3.05, 3.63) is 126 Å². The average molecular weight is 762 g/mol. The number of carbonyl (C=O) groups is 2. The lowest BCUT2D eigenvalue weighted by molar-refractivity contribution is -0.146. The van der Waals surface area contributed by atoms with Crippen LogP contribution >= 0.6 is 0 Å². The van der Waals surface area contributed by atoms with E-state index in [1.54, 1.807) is 34.7 Å². The zero-order valence-electron chi connectivity index (χ0n) is 31.3. The second kappa shape index (κ2) is 14.4. The van der Waals surface area contributed by atoms with Crippen molar-refractivity contribution in [2.45, 2.75) is 62.7 Å². The van der Waals surface area contributed by atoms with Crippen LogP contribution in [-0.2, 0) is 33.0 Å². The quantitative estimate of drug-likeness (QED) is 0.114. The number of hydrogen-bond donors (Lipinski definition) is 1. The number of halogens is 1. The van der Waals surface area contributed by atoms with Crippen LogP contribution in [0.4, 0.5) is 21.2 Å². The second-order valence-electron chi connectivity index (χ2n) is 15.0. The van der Waals surface area contributed by atoms with Gasteiger partial charge in [0.1, 0.15) is 11.5 Å². The van der Waals surface area contributed by atoms with Gasteiger partial charge in [0.05, 0.1) is 49.4 Å². The molecule has 5 aromatic rings. The number of aryl methyl sites for hydroxylation is 1. The number of ether oxygens (including phenoxy) is 3. The highest BCUT2D eigenvalue weighted by Gasteiger charge is 2.66. The lowest BCUT2D eigenvalue weighted by atomic mass is 9.82. The predicted molar refractivity (Wildman–Crippen MR) is 208 cm³/mol. The van der Waals surface area contributed by atoms with Crippen molar-refractivity contribution in [1.29, 1.82) is 0 Å². The Kier molecular flexibility index (Phi) is 9.56. The van der Waals surface area contributed by atoms with E-state index in [4.69, 9.17) is 14.2 Å². The molecule has 5 atom stereocenters. The number of hydrogen-bond acceptors (Lipinski definition) is 8. The highest BCUT2D eigenvalue weighted by atomic mass is 28.4. The molecule has 11 nitrogen and oxygen atoms in total. The van der Waals surface area contributed by atoms with E-state index in [0.29, 0.717) is 52.8 Å². The maximum Gasteiger partial charge on any atom is 0.269 e. The zero-order valence-corrected chi connectivity index (χ0v) is 32.3. The van der Waals surface area contributed by atoms with Crippen LogP contribution in [0.1, 0.15) is 41.6 Å². The summed E-state index contributed by atoms with van der Waals surface area (Å²) in [6.45, 7) is 5.68. The first-order valence-electron chi connectivity index (χ1n) is 18.6. The summed E-state index contributed by atoms with van der Waals surface area (Å²) in [6.07, 6.45) is 1.63. The van der Waals surface area contributed by atoms with Crippen molar-refractivity contribution in [2.24, 2.45) is 5.92 Å². The summed E-state index contributed by atoms with van der Waals surface area (Å²) in [7, 11) is -1.85. The molecule has 1 unspecified atom stereocenters. The third-order valence-electron chi connectivity index (χ3n) is 11.3. The first-order valence-corrected chi connectivity index (χ1v) is 21.6. The van der Waals surface area contributed by atoms with Crippen LogP contribution < -0.4 is 19.3 Å². The van der Waals surface area contributed by atoms with Gasteiger partial charge in [0.15, 0.2) is 12.2 Å². The fourth-order valence-electron chi connectivity index (χ4n) is 8.84. The Hall–Kier alpha value is -5.37. The summed E-state index contributed by atoms with van der Waals surface area (Å²) < 4.78 is 36.6. The minimum Gasteiger partial charge on any atom is -0.497 e. The highest BCUT2D eigenvalue weighted by molar-refractivity contribution is 6.72. The number of carbonyl (C=O) groups excluding carboxylic acids is 2. The van der Waals surface area contributed by atoms with Crippen LogP contribution in [0.25, 0.3) is 0 Å². The molecule has 8 rings (SSSR count). The summed E-state index contributed by atoms with van der Waals surface area (Å²) in [4.78, 5) is 31.6. The molecule has 4 aromatic carbocycles. The monoisotopic (exact) mass is 761 g/mol. The molecule has 0 aliphatic carbocycles. The van der Waals surface area contributed by atoms with Gasteiger partial charge in [0, 0.05) is 35.5 Å². The van der Waals surface area contributed by atoms with E-state index >= 15 is 8.90 Å². The molecule has 284 valence electrons. The van der Waals surface area contributed by atoms with Gasteiger partial charge in [-0.25, -0.2) is 0 Å². The first-order chi connectivity index (χ1) is 26.5. The van der Waals surface area contributed by atoms with Gasteiger partial charge >= 0.3 is 0 Å². The van der Waals surface area contributed by atoms with E-state index in [0.717, 1.165) is 11.1 Å². The molecule has 1 fully saturated rings. The Morgan fingerprint density at radius 3 is 2.55 bits per heavy atom. The minimum absolute atomic E-state index is 0.0791. The Morgan fingerprint density at radius 1 is 1.00 bits per heavy atom. The van der Waals surface area contributed by atoms with E-state index in [-0.39, 0.29) is 37.5 Å². The number of aliphatic hydroxyl groups is 1. The average Bonchev–Trinajstić information content (AvgIpc) is 3.84. The fourth-order valence-corrected chi connectivity index (χ4v) is 11.4. The van der Waals surface area contributed by atoms with E-state index in [1.807, 2.05) is 110 Å². The first kappa shape index (κ1) is 36.6. The molecule has 4 heterocycles. The Bertz CT molecular complexity index is 2230. The SMILES string of the molecule is COc1ccc2c(c1)[C@@]1(O[C@H](CCn3cc(C(CO)c4ccccc4)nn3)[C@@H]([Si](C)(C)F)[C@@H]1C)C(=O)N2Cc1cccc(N2C(=O)COc3ccccc32)c1. The van der Waals surface area contributed by atoms with Crippen LogP contribution in [0, 0.1) is 5.92 Å². The number of para-hydroxylation sites is 2. The normalized spacial score (nSPS) is 22.5. The molecule has 0 bridgehead atoms. The van der Waals surface area contributed by atoms with Crippen LogP contribution in [0.15, 0.2) is 103 Å². The summed E-state index contributed by atoms with van der Waals surface area (Å²) in [5.41, 5.74) is 3.05. The maximum atomic E-state index is 16.6. The van der Waals surface area contributed by atoms with Gasteiger partial charge in [-0.15, -0.1) is 5.10 Å².